The number of benzene rings is 12. The Kier molecular flexibility index (Phi) is 13.7. The van der Waals surface area contributed by atoms with Crippen molar-refractivity contribution in [2.75, 3.05) is 9.80 Å². The van der Waals surface area contributed by atoms with Crippen LogP contribution in [-0.2, 0) is 5.41 Å². The average Bonchev–Trinajstić information content (AvgIpc) is 1.58. The number of fused-ring (bicyclic) bond motifs is 5. The van der Waals surface area contributed by atoms with Crippen molar-refractivity contribution in [3.8, 4) is 39.4 Å². The molecule has 0 spiro atoms. The van der Waals surface area contributed by atoms with Crippen LogP contribution in [0.15, 0.2) is 312 Å². The van der Waals surface area contributed by atoms with E-state index in [9.17, 15) is 5.26 Å². The van der Waals surface area contributed by atoms with Crippen molar-refractivity contribution in [1.82, 2.24) is 9.97 Å². The Morgan fingerprint density at radius 3 is 1.20 bits per heavy atom. The van der Waals surface area contributed by atoms with Crippen LogP contribution in [0.25, 0.3) is 83.8 Å². The minimum absolute atomic E-state index is 0.277. The topological polar surface area (TPSA) is 86.7 Å². The standard InChI is InChI=1S/C81H52N6O2/c1-83-76(80-85-75-53-60(35-49-78(75)89-80)58-20-8-3-9-21-58)51-56-32-42-67(43-33-56)87(65-24-12-5-13-25-65)69-46-38-63(39-47-69)81(72-28-16-14-26-70(72)71-27-15-17-29-73(71)81)62-36-44-68(45-37-62)86(64-22-10-4-11-23-64)66-40-30-55(31-41-66)50-61(54-82)79-84-74-52-59(34-48-77(74)88-79)57-18-6-2-7-19-57/h2-53H/b61-50-,76-51+. The van der Waals surface area contributed by atoms with E-state index in [1.807, 2.05) is 121 Å². The number of aromatic nitrogens is 2. The summed E-state index contributed by atoms with van der Waals surface area (Å²) in [5.74, 6) is 0.561. The molecular weight excluding hydrogens is 1090 g/mol. The van der Waals surface area contributed by atoms with Crippen molar-refractivity contribution in [2.45, 2.75) is 5.41 Å². The van der Waals surface area contributed by atoms with E-state index >= 15 is 0 Å². The van der Waals surface area contributed by atoms with Crippen molar-refractivity contribution in [1.29, 1.82) is 5.26 Å². The second kappa shape index (κ2) is 22.9. The lowest BCUT2D eigenvalue weighted by molar-refractivity contribution is 0.586. The minimum Gasteiger partial charge on any atom is -0.447 e. The first-order valence-electron chi connectivity index (χ1n) is 29.4. The molecule has 0 N–H and O–H groups in total. The van der Waals surface area contributed by atoms with Gasteiger partial charge in [-0.2, -0.15) is 5.26 Å². The molecule has 2 aromatic heterocycles. The molecule has 8 nitrogen and oxygen atoms in total. The Hall–Kier alpha value is -12.4. The minimum atomic E-state index is -0.668. The second-order valence-electron chi connectivity index (χ2n) is 21.9. The number of rotatable bonds is 14. The Labute approximate surface area is 515 Å². The van der Waals surface area contributed by atoms with Crippen LogP contribution in [0.1, 0.15) is 45.2 Å². The zero-order valence-corrected chi connectivity index (χ0v) is 48.0. The highest BCUT2D eigenvalue weighted by atomic mass is 16.4. The van der Waals surface area contributed by atoms with Gasteiger partial charge >= 0.3 is 0 Å². The molecule has 12 aromatic carbocycles. The molecule has 0 aliphatic heterocycles. The summed E-state index contributed by atoms with van der Waals surface area (Å²) in [4.78, 5) is 17.9. The first-order chi connectivity index (χ1) is 44.0. The van der Waals surface area contributed by atoms with Gasteiger partial charge in [0.1, 0.15) is 22.7 Å². The summed E-state index contributed by atoms with van der Waals surface area (Å²) < 4.78 is 12.3. The molecule has 1 aliphatic carbocycles. The second-order valence-corrected chi connectivity index (χ2v) is 21.9. The molecule has 1 aliphatic rings. The molecule has 14 aromatic rings. The molecule has 0 amide bonds. The first-order valence-corrected chi connectivity index (χ1v) is 29.4. The third kappa shape index (κ3) is 9.89. The highest BCUT2D eigenvalue weighted by molar-refractivity contribution is 5.92. The van der Waals surface area contributed by atoms with Gasteiger partial charge in [-0.3, -0.25) is 0 Å². The highest BCUT2D eigenvalue weighted by Crippen LogP contribution is 2.57. The lowest BCUT2D eigenvalue weighted by Gasteiger charge is -2.35. The highest BCUT2D eigenvalue weighted by Gasteiger charge is 2.46. The Morgan fingerprint density at radius 2 is 0.764 bits per heavy atom. The summed E-state index contributed by atoms with van der Waals surface area (Å²) in [6, 6.07) is 107. The van der Waals surface area contributed by atoms with E-state index in [-0.39, 0.29) is 11.8 Å². The van der Waals surface area contributed by atoms with Crippen LogP contribution in [0, 0.1) is 17.9 Å². The Balaban J connectivity index is 0.756. The van der Waals surface area contributed by atoms with Crippen LogP contribution in [-0.4, -0.2) is 9.97 Å². The van der Waals surface area contributed by atoms with Gasteiger partial charge in [-0.05, 0) is 176 Å². The maximum absolute atomic E-state index is 10.4. The van der Waals surface area contributed by atoms with Gasteiger partial charge in [0, 0.05) is 34.1 Å². The van der Waals surface area contributed by atoms with E-state index in [1.54, 1.807) is 0 Å². The van der Waals surface area contributed by atoms with Crippen LogP contribution in [0.2, 0.25) is 0 Å². The van der Waals surface area contributed by atoms with Crippen molar-refractivity contribution < 1.29 is 8.83 Å². The van der Waals surface area contributed by atoms with Gasteiger partial charge in [0.15, 0.2) is 11.2 Å². The molecular formula is C81H52N6O2. The van der Waals surface area contributed by atoms with E-state index in [0.29, 0.717) is 33.5 Å². The lowest BCUT2D eigenvalue weighted by Crippen LogP contribution is -2.28. The predicted octanol–water partition coefficient (Wildman–Crippen LogP) is 21.1. The molecule has 8 heteroatoms. The monoisotopic (exact) mass is 1140 g/mol. The average molecular weight is 1140 g/mol. The third-order valence-electron chi connectivity index (χ3n) is 16.7. The number of anilines is 6. The fourth-order valence-corrected chi connectivity index (χ4v) is 12.5. The van der Waals surface area contributed by atoms with Gasteiger partial charge in [0.2, 0.25) is 17.5 Å². The van der Waals surface area contributed by atoms with E-state index in [1.165, 1.54) is 22.3 Å². The fourth-order valence-electron chi connectivity index (χ4n) is 12.5. The van der Waals surface area contributed by atoms with Gasteiger partial charge < -0.3 is 18.6 Å². The van der Waals surface area contributed by atoms with Crippen LogP contribution < -0.4 is 9.80 Å². The number of para-hydroxylation sites is 2. The number of nitriles is 1. The van der Waals surface area contributed by atoms with Crippen LogP contribution in [0.5, 0.6) is 0 Å². The molecule has 0 unspecified atom stereocenters. The summed E-state index contributed by atoms with van der Waals surface area (Å²) in [6.45, 7) is 8.16. The number of hydrogen-bond donors (Lipinski definition) is 0. The van der Waals surface area contributed by atoms with Crippen LogP contribution in [0.3, 0.4) is 0 Å². The molecule has 0 radical (unpaired) electrons. The lowest BCUT2D eigenvalue weighted by atomic mass is 9.67. The fraction of sp³-hybridized carbons (Fsp3) is 0.0123. The number of nitrogens with zero attached hydrogens (tertiary/aromatic N) is 6. The van der Waals surface area contributed by atoms with Gasteiger partial charge in [0.25, 0.3) is 0 Å². The van der Waals surface area contributed by atoms with Gasteiger partial charge in [0.05, 0.1) is 12.0 Å². The van der Waals surface area contributed by atoms with Gasteiger partial charge in [-0.15, -0.1) is 0 Å². The quantitative estimate of drug-likeness (QED) is 0.0792. The Morgan fingerprint density at radius 1 is 0.393 bits per heavy atom. The van der Waals surface area contributed by atoms with Crippen molar-refractivity contribution in [2.24, 2.45) is 0 Å². The largest absolute Gasteiger partial charge is 0.447 e. The van der Waals surface area contributed by atoms with E-state index < -0.39 is 5.41 Å². The molecule has 0 bridgehead atoms. The normalized spacial score (nSPS) is 12.5. The molecule has 15 rings (SSSR count). The molecule has 0 atom stereocenters. The predicted molar refractivity (Wildman–Crippen MR) is 360 cm³/mol. The van der Waals surface area contributed by atoms with Gasteiger partial charge in [-0.25, -0.2) is 14.8 Å². The summed E-state index contributed by atoms with van der Waals surface area (Å²) >= 11 is 0. The summed E-state index contributed by atoms with van der Waals surface area (Å²) in [5, 5.41) is 10.4. The summed E-state index contributed by atoms with van der Waals surface area (Å²) in [5.41, 5.74) is 21.6. The van der Waals surface area contributed by atoms with Crippen molar-refractivity contribution in [3.05, 3.63) is 360 Å². The summed E-state index contributed by atoms with van der Waals surface area (Å²) in [7, 11) is 0. The van der Waals surface area contributed by atoms with E-state index in [4.69, 9.17) is 25.4 Å². The number of hydrogen-bond acceptors (Lipinski definition) is 7. The smallest absolute Gasteiger partial charge is 0.248 e. The summed E-state index contributed by atoms with van der Waals surface area (Å²) in [6.07, 6.45) is 3.65. The molecule has 2 heterocycles. The number of allylic oxidation sites excluding steroid dienone is 1. The number of oxazole rings is 2. The zero-order valence-electron chi connectivity index (χ0n) is 48.0. The van der Waals surface area contributed by atoms with Crippen LogP contribution in [0.4, 0.5) is 34.1 Å². The van der Waals surface area contributed by atoms with E-state index in [0.717, 1.165) is 78.6 Å². The first kappa shape index (κ1) is 53.4. The third-order valence-corrected chi connectivity index (χ3v) is 16.7. The molecule has 0 saturated carbocycles. The van der Waals surface area contributed by atoms with Gasteiger partial charge in [-0.1, -0.05) is 206 Å². The SMILES string of the molecule is [C-]#[N+]/C(=C/c1ccc(N(c2ccccc2)c2ccc(C3(c4ccc(N(c5ccccc5)c5ccc(/C=C(/C#N)c6nc7cc(-c8ccccc8)ccc7o6)cc5)cc4)c4ccccc4-c4ccccc43)cc2)cc1)c1nc2cc(-c3ccccc3)ccc2o1. The van der Waals surface area contributed by atoms with Crippen LogP contribution >= 0.6 is 0 Å². The molecule has 418 valence electrons. The van der Waals surface area contributed by atoms with Crippen molar-refractivity contribution >= 4 is 79.7 Å². The van der Waals surface area contributed by atoms with E-state index in [2.05, 4.69) is 215 Å². The molecule has 89 heavy (non-hydrogen) atoms. The molecule has 0 fully saturated rings. The maximum Gasteiger partial charge on any atom is 0.248 e. The zero-order chi connectivity index (χ0) is 59.7. The molecule has 0 saturated heterocycles. The van der Waals surface area contributed by atoms with Crippen molar-refractivity contribution in [3.63, 3.8) is 0 Å². The maximum atomic E-state index is 10.4. The Bertz CT molecular complexity index is 4740.